The largest absolute Gasteiger partial charge is 0.478 e. The van der Waals surface area contributed by atoms with E-state index in [0.717, 1.165) is 0 Å². The number of para-hydroxylation sites is 8. The number of aromatic carboxylic acids is 8. The summed E-state index contributed by atoms with van der Waals surface area (Å²) in [7, 11) is 0. The summed E-state index contributed by atoms with van der Waals surface area (Å²) in [6, 6.07) is 41.8. The highest BCUT2D eigenvalue weighted by molar-refractivity contribution is 14.1. The van der Waals surface area contributed by atoms with Gasteiger partial charge in [-0.15, -0.1) is 0 Å². The Hall–Kier alpha value is -9.84. The van der Waals surface area contributed by atoms with Gasteiger partial charge in [-0.25, -0.2) is 38.4 Å². The zero-order valence-electron chi connectivity index (χ0n) is 64.7. The predicted octanol–water partition coefficient (Wildman–Crippen LogP) is 12.0. The number of benzene rings is 8. The zero-order valence-corrected chi connectivity index (χ0v) is 85.0. The molecule has 0 aliphatic carbocycles. The monoisotopic (exact) mass is 2760 g/mol. The SMILES string of the molecule is NC(=O)c1cccc(C(=O)O)c1N.NC(=O)c1cccc(C(=O)O)c1NC(=O)CI.NC(=O)c1ccccc1N.NC(=O)c1ccccc1NC(=O)CI.Nc1c(C(=O)O)cccc1C(=O)O.Nc1ccccc1C(=O)O.O=C(CI)Nc1c(C(=O)O)cccc1C(=O)O.O=C(CI)Nc1ccccc1C(=O)O.O=C(Cl)CI.O=C(Cl)CI.O=C(Cl)CI.O=C(Cl)CI. The number of hydrogen-bond acceptors (Lipinski definition) is 24. The lowest BCUT2D eigenvalue weighted by molar-refractivity contribution is -0.114. The van der Waals surface area contributed by atoms with Crippen LogP contribution in [0.2, 0.25) is 0 Å². The van der Waals surface area contributed by atoms with Crippen molar-refractivity contribution in [2.45, 2.75) is 0 Å². The minimum atomic E-state index is -1.29. The lowest BCUT2D eigenvalue weighted by atomic mass is 10.1. The third-order valence-corrected chi connectivity index (χ3v) is 20.9. The number of nitrogens with two attached hydrogens (primary N) is 8. The number of carbonyl (C=O) groups is 20. The van der Waals surface area contributed by atoms with Crippen LogP contribution in [-0.4, -0.2) is 192 Å². The van der Waals surface area contributed by atoms with Gasteiger partial charge in [0.2, 0.25) is 44.6 Å². The lowest BCUT2D eigenvalue weighted by Gasteiger charge is -2.10. The van der Waals surface area contributed by atoms with Crippen LogP contribution in [0.4, 0.5) is 45.5 Å². The summed E-state index contributed by atoms with van der Waals surface area (Å²) in [5, 5.41) is 78.5. The highest BCUT2D eigenvalue weighted by Gasteiger charge is 2.22. The first-order chi connectivity index (χ1) is 59.8. The number of halogens is 12. The molecule has 0 aliphatic rings. The summed E-state index contributed by atoms with van der Waals surface area (Å²) < 4.78 is 2.49. The molecule has 0 spiro atoms. The van der Waals surface area contributed by atoms with Gasteiger partial charge < -0.3 is 108 Å². The fourth-order valence-corrected chi connectivity index (χ4v) is 8.49. The van der Waals surface area contributed by atoms with E-state index in [1.54, 1.807) is 108 Å². The van der Waals surface area contributed by atoms with Crippen LogP contribution in [0.25, 0.3) is 0 Å². The van der Waals surface area contributed by atoms with Gasteiger partial charge in [-0.2, -0.15) is 0 Å². The first-order valence-electron chi connectivity index (χ1n) is 33.2. The molecule has 28 N–H and O–H groups in total. The Kier molecular flexibility index (Phi) is 68.2. The van der Waals surface area contributed by atoms with E-state index in [-0.39, 0.29) is 120 Å². The molecule has 8 amide bonds. The Bertz CT molecular complexity index is 4810. The van der Waals surface area contributed by atoms with Crippen LogP contribution in [-0.2, 0) is 38.4 Å². The van der Waals surface area contributed by atoms with E-state index in [4.69, 9.17) is 133 Å². The minimum absolute atomic E-state index is 0.0249. The zero-order chi connectivity index (χ0) is 99.4. The van der Waals surface area contributed by atoms with Gasteiger partial charge in [-0.1, -0.05) is 254 Å². The van der Waals surface area contributed by atoms with Crippen molar-refractivity contribution in [1.29, 1.82) is 0 Å². The Morgan fingerprint density at radius 2 is 0.414 bits per heavy atom. The van der Waals surface area contributed by atoms with Gasteiger partial charge in [0.1, 0.15) is 0 Å². The number of nitrogen functional groups attached to an aromatic ring is 4. The topological polar surface area (TPSA) is 760 Å². The second kappa shape index (κ2) is 70.1. The average molecular weight is 2760 g/mol. The van der Waals surface area contributed by atoms with Crippen LogP contribution in [0.3, 0.4) is 0 Å². The maximum atomic E-state index is 11.3. The molecule has 0 aromatic heterocycles. The molecule has 8 aromatic carbocycles. The summed E-state index contributed by atoms with van der Waals surface area (Å²) in [5.74, 6) is -13.3. The molecule has 0 radical (unpaired) electrons. The number of carbonyl (C=O) groups excluding carboxylic acids is 12. The van der Waals surface area contributed by atoms with Crippen molar-refractivity contribution in [3.8, 4) is 0 Å². The van der Waals surface area contributed by atoms with E-state index in [1.807, 2.05) is 158 Å². The number of carboxylic acid groups (broad SMARTS) is 8. The highest BCUT2D eigenvalue weighted by Crippen LogP contribution is 2.25. The number of alkyl halides is 8. The Morgan fingerprint density at radius 1 is 0.227 bits per heavy atom. The minimum Gasteiger partial charge on any atom is -0.478 e. The summed E-state index contributed by atoms with van der Waals surface area (Å²) in [5.41, 5.74) is 42.5. The van der Waals surface area contributed by atoms with E-state index in [0.29, 0.717) is 60.4 Å². The molecule has 52 heteroatoms. The summed E-state index contributed by atoms with van der Waals surface area (Å²) in [6.07, 6.45) is 0. The van der Waals surface area contributed by atoms with E-state index >= 15 is 0 Å². The van der Waals surface area contributed by atoms with Crippen molar-refractivity contribution in [3.05, 3.63) is 237 Å². The van der Waals surface area contributed by atoms with Crippen molar-refractivity contribution < 1.29 is 137 Å². The standard InChI is InChI=1S/C10H9IN2O4.C10H8INO5.C9H9IN2O2.C9H8INO3.C8H8N2O3.C8H7NO4.C7H8N2O.C7H7NO2.4C2H2ClIO/c11-4-7(14)13-8-5(9(12)15)2-1-3-6(8)10(16)17;11-4-7(13)12-8-5(9(14)15)2-1-3-6(8)10(16)17;10-5-8(13)12-7-4-2-1-3-6(7)9(11)14;10-5-8(12)11-7-4-2-1-3-6(7)9(13)14;2*9-6-4(7(10)11)2-1-3-5(6)8(12)13;2*8-6-4-2-1-3-5(6)7(9)10;4*3-2(5)1-4/h1-3H,4H2,(H2,12,15)(H,13,14)(H,16,17);1-3H,4H2,(H,12,13)(H,14,15)(H,16,17);1-4H,5H2,(H2,11,14)(H,12,13);1-4H,5H2,(H,11,12)(H,13,14);1-3H,9H2,(H2,10,11)(H,12,13);1-3H,9H2,(H,10,11)(H,12,13);1-4H,8H2,(H2,9,10);1-4H,8H2,(H,9,10);4*1H2. The smallest absolute Gasteiger partial charge is 0.337 e. The molecule has 0 saturated carbocycles. The van der Waals surface area contributed by atoms with Crippen LogP contribution in [0.1, 0.15) is 124 Å². The predicted molar refractivity (Wildman–Crippen MR) is 548 cm³/mol. The summed E-state index contributed by atoms with van der Waals surface area (Å²) >= 11 is 34.3. The number of primary amides is 4. The van der Waals surface area contributed by atoms with Gasteiger partial charge in [-0.3, -0.25) is 57.5 Å². The number of anilines is 8. The molecule has 0 unspecified atom stereocenters. The first-order valence-corrected chi connectivity index (χ1v) is 46.9. The molecule has 8 aromatic rings. The van der Waals surface area contributed by atoms with Gasteiger partial charge in [0.05, 0.1) is 136 Å². The van der Waals surface area contributed by atoms with Gasteiger partial charge in [-0.05, 0) is 143 Å². The molecule has 688 valence electrons. The quantitative estimate of drug-likeness (QED) is 0.0116. The second-order valence-corrected chi connectivity index (χ2v) is 29.6. The molecular weight excluding hydrogens is 2690 g/mol. The van der Waals surface area contributed by atoms with Crippen LogP contribution in [0.5, 0.6) is 0 Å². The Balaban J connectivity index is -0.000000668. The normalized spacial score (nSPS) is 9.22. The molecule has 0 heterocycles. The average Bonchev–Trinajstić information content (AvgIpc) is 0.820. The van der Waals surface area contributed by atoms with Crippen molar-refractivity contribution in [1.82, 2.24) is 0 Å². The molecular formula is C76H72Cl4I8N12O28. The van der Waals surface area contributed by atoms with E-state index in [1.165, 1.54) is 84.9 Å². The molecule has 8 rings (SSSR count). The molecule has 0 aliphatic heterocycles. The van der Waals surface area contributed by atoms with E-state index < -0.39 is 83.2 Å². The molecule has 0 fully saturated rings. The number of carboxylic acids is 8. The van der Waals surface area contributed by atoms with Crippen LogP contribution >= 0.6 is 227 Å². The van der Waals surface area contributed by atoms with Crippen LogP contribution in [0, 0.1) is 0 Å². The van der Waals surface area contributed by atoms with Crippen molar-refractivity contribution in [2.24, 2.45) is 22.9 Å². The highest BCUT2D eigenvalue weighted by atomic mass is 127. The number of nitrogens with one attached hydrogen (secondary N) is 4. The van der Waals surface area contributed by atoms with Crippen molar-refractivity contribution in [3.63, 3.8) is 0 Å². The number of amides is 8. The summed E-state index contributed by atoms with van der Waals surface area (Å²) in [4.78, 5) is 212. The van der Waals surface area contributed by atoms with Crippen molar-refractivity contribution in [2.75, 3.05) is 79.6 Å². The fourth-order valence-electron chi connectivity index (χ4n) is 7.73. The van der Waals surface area contributed by atoms with E-state index in [9.17, 15) is 95.9 Å². The fraction of sp³-hybridized carbons (Fsp3) is 0.105. The van der Waals surface area contributed by atoms with Gasteiger partial charge in [0.15, 0.2) is 0 Å². The molecule has 0 atom stereocenters. The van der Waals surface area contributed by atoms with Crippen LogP contribution < -0.4 is 67.1 Å². The molecule has 40 nitrogen and oxygen atoms in total. The van der Waals surface area contributed by atoms with Crippen LogP contribution in [0.15, 0.2) is 170 Å². The van der Waals surface area contributed by atoms with Crippen molar-refractivity contribution >= 4 is 389 Å². The third kappa shape index (κ3) is 53.2. The first kappa shape index (κ1) is 124. The molecule has 128 heavy (non-hydrogen) atoms. The van der Waals surface area contributed by atoms with Gasteiger partial charge in [0, 0.05) is 11.4 Å². The molecule has 0 bridgehead atoms. The molecule has 0 saturated heterocycles. The lowest BCUT2D eigenvalue weighted by Crippen LogP contribution is -2.21. The second-order valence-electron chi connectivity index (χ2n) is 21.8. The summed E-state index contributed by atoms with van der Waals surface area (Å²) in [6.45, 7) is 0. The Labute approximate surface area is 854 Å². The number of rotatable bonds is 24. The Morgan fingerprint density at radius 3 is 0.648 bits per heavy atom. The maximum absolute atomic E-state index is 11.3. The third-order valence-electron chi connectivity index (χ3n) is 13.0. The van der Waals surface area contributed by atoms with Gasteiger partial charge in [0.25, 0.3) is 23.6 Å². The van der Waals surface area contributed by atoms with E-state index in [2.05, 4.69) is 21.3 Å². The maximum Gasteiger partial charge on any atom is 0.337 e. The number of hydrogen-bond donors (Lipinski definition) is 20. The van der Waals surface area contributed by atoms with Gasteiger partial charge >= 0.3 is 47.8 Å².